The standard InChI is InChI=1S/C8H7N3OS/c12-7-5-1-4-13-6(5)10-8-9-2-3-11(7)8/h1,4H,2-3H2,(H,9,10). The smallest absolute Gasteiger partial charge is 0.263 e. The molecule has 0 unspecified atom stereocenters. The van der Waals surface area contributed by atoms with Crippen LogP contribution >= 0.6 is 11.3 Å². The van der Waals surface area contributed by atoms with Gasteiger partial charge in [0.05, 0.1) is 5.39 Å². The third-order valence-corrected chi connectivity index (χ3v) is 3.01. The van der Waals surface area contributed by atoms with E-state index in [1.165, 1.54) is 11.3 Å². The number of nitrogens with one attached hydrogen (secondary N) is 1. The van der Waals surface area contributed by atoms with Crippen LogP contribution in [0.15, 0.2) is 16.2 Å². The molecule has 5 heteroatoms. The third kappa shape index (κ3) is 0.846. The summed E-state index contributed by atoms with van der Waals surface area (Å²) in [6.45, 7) is 1.53. The second kappa shape index (κ2) is 2.32. The van der Waals surface area contributed by atoms with Gasteiger partial charge in [-0.25, -0.2) is 4.98 Å². The Hall–Kier alpha value is -1.36. The largest absolute Gasteiger partial charge is 0.354 e. The zero-order chi connectivity index (χ0) is 8.84. The quantitative estimate of drug-likeness (QED) is 0.675. The first kappa shape index (κ1) is 7.08. The van der Waals surface area contributed by atoms with Crippen LogP contribution in [0.25, 0.3) is 10.2 Å². The molecule has 0 aromatic carbocycles. The van der Waals surface area contributed by atoms with Gasteiger partial charge in [-0.15, -0.1) is 11.3 Å². The van der Waals surface area contributed by atoms with Crippen LogP contribution in [0.4, 0.5) is 5.95 Å². The van der Waals surface area contributed by atoms with E-state index in [-0.39, 0.29) is 5.56 Å². The zero-order valence-electron chi connectivity index (χ0n) is 6.78. The fraction of sp³-hybridized carbons (Fsp3) is 0.250. The number of nitrogens with zero attached hydrogens (tertiary/aromatic N) is 2. The summed E-state index contributed by atoms with van der Waals surface area (Å²) in [5.41, 5.74) is 0.0752. The van der Waals surface area contributed by atoms with Crippen LogP contribution in [0.2, 0.25) is 0 Å². The topological polar surface area (TPSA) is 46.9 Å². The van der Waals surface area contributed by atoms with Crippen molar-refractivity contribution in [3.05, 3.63) is 21.8 Å². The summed E-state index contributed by atoms with van der Waals surface area (Å²) in [4.78, 5) is 16.9. The lowest BCUT2D eigenvalue weighted by atomic mass is 10.4. The average molecular weight is 193 g/mol. The number of hydrogen-bond donors (Lipinski definition) is 1. The summed E-state index contributed by atoms with van der Waals surface area (Å²) >= 11 is 1.50. The van der Waals surface area contributed by atoms with Crippen molar-refractivity contribution in [1.29, 1.82) is 0 Å². The number of fused-ring (bicyclic) bond motifs is 2. The molecule has 66 valence electrons. The van der Waals surface area contributed by atoms with Crippen molar-refractivity contribution in [2.45, 2.75) is 6.54 Å². The normalized spacial score (nSPS) is 14.5. The van der Waals surface area contributed by atoms with Gasteiger partial charge in [-0.05, 0) is 11.4 Å². The van der Waals surface area contributed by atoms with Crippen molar-refractivity contribution in [2.75, 3.05) is 11.9 Å². The van der Waals surface area contributed by atoms with E-state index in [0.717, 1.165) is 23.3 Å². The summed E-state index contributed by atoms with van der Waals surface area (Å²) in [5.74, 6) is 0.708. The SMILES string of the molecule is O=c1c2ccsc2nc2n1CCN2. The first-order chi connectivity index (χ1) is 6.36. The summed E-state index contributed by atoms with van der Waals surface area (Å²) < 4.78 is 1.69. The minimum Gasteiger partial charge on any atom is -0.354 e. The fourth-order valence-electron chi connectivity index (χ4n) is 1.57. The molecule has 1 N–H and O–H groups in total. The van der Waals surface area contributed by atoms with Gasteiger partial charge in [-0.3, -0.25) is 9.36 Å². The van der Waals surface area contributed by atoms with Gasteiger partial charge in [0.15, 0.2) is 0 Å². The van der Waals surface area contributed by atoms with E-state index in [4.69, 9.17) is 0 Å². The van der Waals surface area contributed by atoms with Gasteiger partial charge < -0.3 is 5.32 Å². The monoisotopic (exact) mass is 193 g/mol. The highest BCUT2D eigenvalue weighted by atomic mass is 32.1. The van der Waals surface area contributed by atoms with Crippen LogP contribution in [0.3, 0.4) is 0 Å². The average Bonchev–Trinajstić information content (AvgIpc) is 2.71. The first-order valence-corrected chi connectivity index (χ1v) is 4.96. The Balaban J connectivity index is 2.53. The molecule has 0 aliphatic carbocycles. The second-order valence-corrected chi connectivity index (χ2v) is 3.85. The molecule has 3 heterocycles. The Kier molecular flexibility index (Phi) is 1.26. The highest BCUT2D eigenvalue weighted by Crippen LogP contribution is 2.18. The molecule has 2 aromatic rings. The van der Waals surface area contributed by atoms with Crippen LogP contribution in [-0.4, -0.2) is 16.1 Å². The molecule has 2 aromatic heterocycles. The highest BCUT2D eigenvalue weighted by molar-refractivity contribution is 7.16. The van der Waals surface area contributed by atoms with Crippen LogP contribution in [0.1, 0.15) is 0 Å². The Morgan fingerprint density at radius 3 is 3.46 bits per heavy atom. The van der Waals surface area contributed by atoms with Crippen LogP contribution in [0.5, 0.6) is 0 Å². The van der Waals surface area contributed by atoms with Crippen LogP contribution < -0.4 is 10.9 Å². The fourth-order valence-corrected chi connectivity index (χ4v) is 2.33. The van der Waals surface area contributed by atoms with E-state index in [2.05, 4.69) is 10.3 Å². The summed E-state index contributed by atoms with van der Waals surface area (Å²) in [5, 5.41) is 5.71. The van der Waals surface area contributed by atoms with Crippen molar-refractivity contribution in [2.24, 2.45) is 0 Å². The van der Waals surface area contributed by atoms with Crippen molar-refractivity contribution < 1.29 is 0 Å². The van der Waals surface area contributed by atoms with E-state index in [0.29, 0.717) is 5.95 Å². The zero-order valence-corrected chi connectivity index (χ0v) is 7.60. The number of rotatable bonds is 0. The molecule has 0 fully saturated rings. The Bertz CT molecular complexity index is 528. The predicted molar refractivity (Wildman–Crippen MR) is 52.4 cm³/mol. The molecule has 1 aliphatic rings. The Morgan fingerprint density at radius 1 is 1.62 bits per heavy atom. The van der Waals surface area contributed by atoms with Gasteiger partial charge >= 0.3 is 0 Å². The summed E-state index contributed by atoms with van der Waals surface area (Å²) in [6, 6.07) is 1.83. The minimum absolute atomic E-state index is 0.0752. The molecule has 0 saturated heterocycles. The maximum absolute atomic E-state index is 11.8. The van der Waals surface area contributed by atoms with Crippen LogP contribution in [0, 0.1) is 0 Å². The lowest BCUT2D eigenvalue weighted by Gasteiger charge is -1.99. The molecule has 4 nitrogen and oxygen atoms in total. The van der Waals surface area contributed by atoms with Gasteiger partial charge in [-0.2, -0.15) is 0 Å². The van der Waals surface area contributed by atoms with E-state index < -0.39 is 0 Å². The van der Waals surface area contributed by atoms with E-state index >= 15 is 0 Å². The number of aromatic nitrogens is 2. The maximum atomic E-state index is 11.8. The van der Waals surface area contributed by atoms with E-state index in [1.807, 2.05) is 11.4 Å². The lowest BCUT2D eigenvalue weighted by molar-refractivity contribution is 0.772. The van der Waals surface area contributed by atoms with E-state index in [1.54, 1.807) is 4.57 Å². The van der Waals surface area contributed by atoms with Gasteiger partial charge in [0.25, 0.3) is 5.56 Å². The second-order valence-electron chi connectivity index (χ2n) is 2.96. The minimum atomic E-state index is 0.0752. The molecule has 0 amide bonds. The summed E-state index contributed by atoms with van der Waals surface area (Å²) in [7, 11) is 0. The maximum Gasteiger partial charge on any atom is 0.263 e. The number of anilines is 1. The van der Waals surface area contributed by atoms with Gasteiger partial charge in [0.1, 0.15) is 4.83 Å². The van der Waals surface area contributed by atoms with Gasteiger partial charge in [-0.1, -0.05) is 0 Å². The molecule has 0 spiro atoms. The number of thiophene rings is 1. The number of hydrogen-bond acceptors (Lipinski definition) is 4. The molecule has 13 heavy (non-hydrogen) atoms. The molecule has 0 atom stereocenters. The van der Waals surface area contributed by atoms with E-state index in [9.17, 15) is 4.79 Å². The van der Waals surface area contributed by atoms with Crippen molar-refractivity contribution >= 4 is 27.5 Å². The van der Waals surface area contributed by atoms with Gasteiger partial charge in [0, 0.05) is 13.1 Å². The molecule has 1 aliphatic heterocycles. The Labute approximate surface area is 77.8 Å². The molecular formula is C8H7N3OS. The van der Waals surface area contributed by atoms with Gasteiger partial charge in [0.2, 0.25) is 5.95 Å². The highest BCUT2D eigenvalue weighted by Gasteiger charge is 2.15. The lowest BCUT2D eigenvalue weighted by Crippen LogP contribution is -2.18. The Morgan fingerprint density at radius 2 is 2.54 bits per heavy atom. The summed E-state index contributed by atoms with van der Waals surface area (Å²) in [6.07, 6.45) is 0. The first-order valence-electron chi connectivity index (χ1n) is 4.08. The molecule has 0 bridgehead atoms. The van der Waals surface area contributed by atoms with Crippen molar-refractivity contribution in [3.63, 3.8) is 0 Å². The molecule has 3 rings (SSSR count). The van der Waals surface area contributed by atoms with Crippen molar-refractivity contribution in [3.8, 4) is 0 Å². The van der Waals surface area contributed by atoms with Crippen LogP contribution in [-0.2, 0) is 6.54 Å². The molecular weight excluding hydrogens is 186 g/mol. The molecule has 0 radical (unpaired) electrons. The van der Waals surface area contributed by atoms with Crippen molar-refractivity contribution in [1.82, 2.24) is 9.55 Å². The predicted octanol–water partition coefficient (Wildman–Crippen LogP) is 0.883. The third-order valence-electron chi connectivity index (χ3n) is 2.20. The molecule has 0 saturated carbocycles.